The summed E-state index contributed by atoms with van der Waals surface area (Å²) in [5.74, 6) is -1.70. The topological polar surface area (TPSA) is 134 Å². The van der Waals surface area contributed by atoms with Crippen LogP contribution in [0, 0.1) is 5.92 Å². The van der Waals surface area contributed by atoms with Gasteiger partial charge in [0.2, 0.25) is 11.8 Å². The number of esters is 1. The van der Waals surface area contributed by atoms with Crippen LogP contribution in [0.1, 0.15) is 66.0 Å². The Hall–Kier alpha value is -3.30. The molecule has 10 nitrogen and oxygen atoms in total. The van der Waals surface area contributed by atoms with Gasteiger partial charge in [0.15, 0.2) is 0 Å². The van der Waals surface area contributed by atoms with Gasteiger partial charge in [0.25, 0.3) is 0 Å². The number of benzene rings is 1. The van der Waals surface area contributed by atoms with Gasteiger partial charge in [-0.1, -0.05) is 32.0 Å². The summed E-state index contributed by atoms with van der Waals surface area (Å²) in [4.78, 5) is 51.9. The highest BCUT2D eigenvalue weighted by Gasteiger charge is 2.35. The van der Waals surface area contributed by atoms with Crippen LogP contribution in [0.25, 0.3) is 0 Å². The molecule has 3 N–H and O–H groups in total. The molecule has 1 aromatic rings. The normalized spacial score (nSPS) is 12.9. The number of aromatic hydroxyl groups is 1. The van der Waals surface area contributed by atoms with Gasteiger partial charge in [0.05, 0.1) is 13.0 Å². The standard InChI is InChI=1S/C25H39N3O7/c1-8-34-20(30)13-14-26-22(31)21(17-11-9-10-12-19(17)29)28(7)23(32)18(15-16(2)3)27-24(33)35-25(4,5)6/h9-12,16,18,21,29H,8,13-15H2,1-7H3,(H,26,31)(H,27,33). The van der Waals surface area contributed by atoms with Gasteiger partial charge in [-0.05, 0) is 46.1 Å². The smallest absolute Gasteiger partial charge is 0.408 e. The molecule has 0 saturated carbocycles. The lowest BCUT2D eigenvalue weighted by molar-refractivity contribution is -0.144. The molecular formula is C25H39N3O7. The number of hydrogen-bond acceptors (Lipinski definition) is 7. The molecule has 196 valence electrons. The van der Waals surface area contributed by atoms with Crippen molar-refractivity contribution in [2.24, 2.45) is 5.92 Å². The molecule has 0 saturated heterocycles. The molecule has 2 atom stereocenters. The number of nitrogens with one attached hydrogen (secondary N) is 2. The second-order valence-corrected chi connectivity index (χ2v) is 9.58. The average molecular weight is 494 g/mol. The Bertz CT molecular complexity index is 880. The van der Waals surface area contributed by atoms with E-state index in [-0.39, 0.29) is 36.8 Å². The van der Waals surface area contributed by atoms with E-state index in [0.717, 1.165) is 0 Å². The zero-order valence-corrected chi connectivity index (χ0v) is 21.7. The lowest BCUT2D eigenvalue weighted by Crippen LogP contribution is -2.52. The van der Waals surface area contributed by atoms with Crippen molar-refractivity contribution < 1.29 is 33.8 Å². The van der Waals surface area contributed by atoms with Crippen molar-refractivity contribution in [1.29, 1.82) is 0 Å². The number of ether oxygens (including phenoxy) is 2. The number of carbonyl (C=O) groups excluding carboxylic acids is 4. The zero-order chi connectivity index (χ0) is 26.8. The molecule has 0 bridgehead atoms. The molecule has 1 aromatic carbocycles. The molecule has 1 rings (SSSR count). The highest BCUT2D eigenvalue weighted by Crippen LogP contribution is 2.29. The van der Waals surface area contributed by atoms with Crippen molar-refractivity contribution in [2.45, 2.75) is 72.1 Å². The number of phenolic OH excluding ortho intramolecular Hbond substituents is 1. The Kier molecular flexibility index (Phi) is 11.5. The van der Waals surface area contributed by atoms with Crippen LogP contribution in [0.3, 0.4) is 0 Å². The molecule has 0 aliphatic carbocycles. The van der Waals surface area contributed by atoms with Crippen LogP contribution in [-0.2, 0) is 23.9 Å². The van der Waals surface area contributed by atoms with Crippen molar-refractivity contribution in [1.82, 2.24) is 15.5 Å². The molecule has 0 radical (unpaired) electrons. The van der Waals surface area contributed by atoms with E-state index in [1.807, 2.05) is 13.8 Å². The van der Waals surface area contributed by atoms with Gasteiger partial charge in [-0.25, -0.2) is 4.79 Å². The molecule has 0 heterocycles. The minimum absolute atomic E-state index is 0.00459. The number of hydrogen-bond donors (Lipinski definition) is 3. The van der Waals surface area contributed by atoms with Crippen molar-refractivity contribution in [2.75, 3.05) is 20.2 Å². The molecule has 10 heteroatoms. The summed E-state index contributed by atoms with van der Waals surface area (Å²) in [6, 6.07) is 4.01. The van der Waals surface area contributed by atoms with Crippen LogP contribution in [-0.4, -0.2) is 65.7 Å². The Morgan fingerprint density at radius 2 is 1.74 bits per heavy atom. The zero-order valence-electron chi connectivity index (χ0n) is 21.7. The van der Waals surface area contributed by atoms with Gasteiger partial charge in [-0.2, -0.15) is 0 Å². The van der Waals surface area contributed by atoms with E-state index in [1.54, 1.807) is 39.8 Å². The molecule has 3 amide bonds. The second kappa shape index (κ2) is 13.6. The average Bonchev–Trinajstić information content (AvgIpc) is 2.72. The first kappa shape index (κ1) is 29.7. The predicted octanol–water partition coefficient (Wildman–Crippen LogP) is 2.90. The van der Waals surface area contributed by atoms with E-state index >= 15 is 0 Å². The molecule has 0 spiro atoms. The highest BCUT2D eigenvalue weighted by atomic mass is 16.6. The van der Waals surface area contributed by atoms with Crippen molar-refractivity contribution in [3.8, 4) is 5.75 Å². The van der Waals surface area contributed by atoms with Gasteiger partial charge in [0.1, 0.15) is 23.4 Å². The third-order valence-electron chi connectivity index (χ3n) is 4.84. The fourth-order valence-electron chi connectivity index (χ4n) is 3.38. The van der Waals surface area contributed by atoms with Gasteiger partial charge in [-0.3, -0.25) is 14.4 Å². The number of para-hydroxylation sites is 1. The lowest BCUT2D eigenvalue weighted by Gasteiger charge is -2.32. The molecule has 0 fully saturated rings. The Morgan fingerprint density at radius 3 is 2.29 bits per heavy atom. The summed E-state index contributed by atoms with van der Waals surface area (Å²) in [7, 11) is 1.43. The van der Waals surface area contributed by atoms with Crippen LogP contribution in [0.4, 0.5) is 4.79 Å². The van der Waals surface area contributed by atoms with Gasteiger partial charge in [-0.15, -0.1) is 0 Å². The fourth-order valence-corrected chi connectivity index (χ4v) is 3.38. The van der Waals surface area contributed by atoms with Crippen LogP contribution in [0.15, 0.2) is 24.3 Å². The fraction of sp³-hybridized carbons (Fsp3) is 0.600. The third kappa shape index (κ3) is 10.2. The third-order valence-corrected chi connectivity index (χ3v) is 4.84. The number of likely N-dealkylation sites (N-methyl/N-ethyl adjacent to an activating group) is 1. The van der Waals surface area contributed by atoms with Crippen molar-refractivity contribution in [3.63, 3.8) is 0 Å². The molecule has 0 aliphatic rings. The van der Waals surface area contributed by atoms with E-state index in [0.29, 0.717) is 6.42 Å². The summed E-state index contributed by atoms with van der Waals surface area (Å²) in [5, 5.41) is 15.7. The highest BCUT2D eigenvalue weighted by molar-refractivity contribution is 5.92. The second-order valence-electron chi connectivity index (χ2n) is 9.58. The molecule has 0 aliphatic heterocycles. The van der Waals surface area contributed by atoms with Crippen LogP contribution in [0.2, 0.25) is 0 Å². The summed E-state index contributed by atoms with van der Waals surface area (Å²) in [6.45, 7) is 10.9. The monoisotopic (exact) mass is 493 g/mol. The van der Waals surface area contributed by atoms with Gasteiger partial charge >= 0.3 is 12.1 Å². The molecular weight excluding hydrogens is 454 g/mol. The van der Waals surface area contributed by atoms with Gasteiger partial charge in [0, 0.05) is 19.2 Å². The Labute approximate surface area is 207 Å². The molecule has 2 unspecified atom stereocenters. The minimum atomic E-state index is -1.21. The van der Waals surface area contributed by atoms with E-state index in [2.05, 4.69) is 10.6 Å². The Balaban J connectivity index is 3.18. The first-order valence-corrected chi connectivity index (χ1v) is 11.7. The largest absolute Gasteiger partial charge is 0.508 e. The number of nitrogens with zero attached hydrogens (tertiary/aromatic N) is 1. The number of rotatable bonds is 11. The van der Waals surface area contributed by atoms with Crippen LogP contribution < -0.4 is 10.6 Å². The number of alkyl carbamates (subject to hydrolysis) is 1. The van der Waals surface area contributed by atoms with E-state index in [4.69, 9.17) is 9.47 Å². The first-order chi connectivity index (χ1) is 16.3. The van der Waals surface area contributed by atoms with E-state index < -0.39 is 41.6 Å². The first-order valence-electron chi connectivity index (χ1n) is 11.7. The maximum atomic E-state index is 13.5. The molecule has 35 heavy (non-hydrogen) atoms. The predicted molar refractivity (Wildman–Crippen MR) is 130 cm³/mol. The summed E-state index contributed by atoms with van der Waals surface area (Å²) in [6.07, 6.45) is -0.482. The maximum Gasteiger partial charge on any atom is 0.408 e. The lowest BCUT2D eigenvalue weighted by atomic mass is 9.99. The van der Waals surface area contributed by atoms with Gasteiger partial charge < -0.3 is 30.1 Å². The van der Waals surface area contributed by atoms with Crippen LogP contribution >= 0.6 is 0 Å². The van der Waals surface area contributed by atoms with E-state index in [1.165, 1.54) is 24.1 Å². The van der Waals surface area contributed by atoms with Crippen molar-refractivity contribution in [3.05, 3.63) is 29.8 Å². The SMILES string of the molecule is CCOC(=O)CCNC(=O)C(c1ccccc1O)N(C)C(=O)C(CC(C)C)NC(=O)OC(C)(C)C. The summed E-state index contributed by atoms with van der Waals surface area (Å²) < 4.78 is 10.2. The minimum Gasteiger partial charge on any atom is -0.508 e. The summed E-state index contributed by atoms with van der Waals surface area (Å²) >= 11 is 0. The Morgan fingerprint density at radius 1 is 1.11 bits per heavy atom. The number of amides is 3. The number of carbonyl (C=O) groups is 4. The summed E-state index contributed by atoms with van der Waals surface area (Å²) in [5.41, 5.74) is -0.545. The van der Waals surface area contributed by atoms with Crippen molar-refractivity contribution >= 4 is 23.9 Å². The molecule has 0 aromatic heterocycles. The quantitative estimate of drug-likeness (QED) is 0.404. The van der Waals surface area contributed by atoms with Crippen LogP contribution in [0.5, 0.6) is 5.75 Å². The number of phenols is 1. The van der Waals surface area contributed by atoms with E-state index in [9.17, 15) is 24.3 Å². The maximum absolute atomic E-state index is 13.5.